The third-order valence-corrected chi connectivity index (χ3v) is 8.73. The van der Waals surface area contributed by atoms with Crippen LogP contribution in [0.1, 0.15) is 63.6 Å². The fourth-order valence-electron chi connectivity index (χ4n) is 6.60. The second kappa shape index (κ2) is 10.4. The number of carbonyl (C=O) groups is 1. The second-order valence-electron chi connectivity index (χ2n) is 10.3. The standard InChI is InChI=1S/C25H35ClN4O6/c1-30-12-6-7-16(30)15-34-23-19(33-2)21(26)27-22(28-23)18(29-32)17-8-5-10-24(20(17)31)9-3-4-11-25(24)35-13-14-36-25/h16-17,32H,3-15H2,1-2H3/b29-18+/t16-,17?,24-/m0/s1. The molecule has 3 atom stereocenters. The molecule has 198 valence electrons. The minimum absolute atomic E-state index is 0.0336. The lowest BCUT2D eigenvalue weighted by Gasteiger charge is -2.52. The summed E-state index contributed by atoms with van der Waals surface area (Å²) < 4.78 is 23.7. The molecule has 10 nitrogen and oxygen atoms in total. The fourth-order valence-corrected chi connectivity index (χ4v) is 6.83. The number of aromatic nitrogens is 2. The van der Waals surface area contributed by atoms with E-state index in [1.807, 2.05) is 0 Å². The van der Waals surface area contributed by atoms with E-state index in [4.69, 9.17) is 30.5 Å². The van der Waals surface area contributed by atoms with Crippen LogP contribution >= 0.6 is 11.6 Å². The number of ketones is 1. The number of likely N-dealkylation sites (tertiary alicyclic amines) is 1. The van der Waals surface area contributed by atoms with Gasteiger partial charge in [0, 0.05) is 12.5 Å². The molecule has 2 saturated carbocycles. The van der Waals surface area contributed by atoms with Crippen LogP contribution < -0.4 is 9.47 Å². The van der Waals surface area contributed by atoms with Gasteiger partial charge in [0.05, 0.1) is 31.7 Å². The van der Waals surface area contributed by atoms with Crippen molar-refractivity contribution in [1.82, 2.24) is 14.9 Å². The van der Waals surface area contributed by atoms with Crippen LogP contribution in [0, 0.1) is 11.3 Å². The lowest BCUT2D eigenvalue weighted by Crippen LogP contribution is -2.60. The Kier molecular flexibility index (Phi) is 7.40. The molecule has 1 aromatic rings. The maximum Gasteiger partial charge on any atom is 0.262 e. The highest BCUT2D eigenvalue weighted by Gasteiger charge is 2.63. The van der Waals surface area contributed by atoms with Gasteiger partial charge in [-0.3, -0.25) is 4.79 Å². The Morgan fingerprint density at radius 3 is 2.61 bits per heavy atom. The second-order valence-corrected chi connectivity index (χ2v) is 10.7. The van der Waals surface area contributed by atoms with Gasteiger partial charge in [0.25, 0.3) is 5.88 Å². The van der Waals surface area contributed by atoms with E-state index in [0.29, 0.717) is 45.5 Å². The first-order valence-corrected chi connectivity index (χ1v) is 13.3. The smallest absolute Gasteiger partial charge is 0.262 e. The number of carbonyl (C=O) groups excluding carboxylic acids is 1. The molecule has 1 N–H and O–H groups in total. The number of methoxy groups -OCH3 is 1. The molecule has 4 fully saturated rings. The van der Waals surface area contributed by atoms with E-state index in [2.05, 4.69) is 27.1 Å². The number of nitrogens with zero attached hydrogens (tertiary/aromatic N) is 4. The van der Waals surface area contributed by atoms with E-state index in [-0.39, 0.29) is 40.1 Å². The van der Waals surface area contributed by atoms with Crippen LogP contribution in [0.3, 0.4) is 0 Å². The van der Waals surface area contributed by atoms with Crippen LogP contribution in [0.15, 0.2) is 5.16 Å². The van der Waals surface area contributed by atoms with Gasteiger partial charge in [-0.05, 0) is 52.1 Å². The van der Waals surface area contributed by atoms with Crippen molar-refractivity contribution in [2.45, 2.75) is 69.6 Å². The molecule has 2 aliphatic carbocycles. The first-order valence-electron chi connectivity index (χ1n) is 12.9. The quantitative estimate of drug-likeness (QED) is 0.259. The van der Waals surface area contributed by atoms with Crippen molar-refractivity contribution in [3.05, 3.63) is 11.0 Å². The number of likely N-dealkylation sites (N-methyl/N-ethyl adjacent to an activating group) is 1. The third-order valence-electron chi connectivity index (χ3n) is 8.47. The third kappa shape index (κ3) is 4.25. The molecule has 4 aliphatic rings. The van der Waals surface area contributed by atoms with Crippen molar-refractivity contribution in [2.75, 3.05) is 40.5 Å². The Labute approximate surface area is 216 Å². The number of fused-ring (bicyclic) bond motifs is 1. The Morgan fingerprint density at radius 1 is 1.17 bits per heavy atom. The summed E-state index contributed by atoms with van der Waals surface area (Å²) in [6, 6.07) is 0.256. The SMILES string of the molecule is COc1c(Cl)nc(/C(=N/O)C2CCC[C@@]3(CCCCC34OCCO4)C2=O)nc1OC[C@@H]1CCCN1C. The number of Topliss-reactive ketones (excluding diaryl/α,β-unsaturated/α-hetero) is 1. The Hall–Kier alpha value is -2.01. The number of rotatable bonds is 6. The van der Waals surface area contributed by atoms with Crippen LogP contribution in [0.5, 0.6) is 11.6 Å². The van der Waals surface area contributed by atoms with Gasteiger partial charge < -0.3 is 29.1 Å². The molecule has 36 heavy (non-hydrogen) atoms. The average Bonchev–Trinajstić information content (AvgIpc) is 3.52. The van der Waals surface area contributed by atoms with Crippen LogP contribution in [0.4, 0.5) is 0 Å². The summed E-state index contributed by atoms with van der Waals surface area (Å²) in [5.41, 5.74) is -0.686. The highest BCUT2D eigenvalue weighted by Crippen LogP contribution is 2.56. The van der Waals surface area contributed by atoms with E-state index >= 15 is 0 Å². The van der Waals surface area contributed by atoms with Crippen molar-refractivity contribution in [1.29, 1.82) is 0 Å². The molecule has 5 rings (SSSR count). The number of halogens is 1. The van der Waals surface area contributed by atoms with Crippen LogP contribution in [0.2, 0.25) is 5.15 Å². The number of oxime groups is 1. The Bertz CT molecular complexity index is 1010. The normalized spacial score (nSPS) is 30.9. The van der Waals surface area contributed by atoms with Gasteiger partial charge in [-0.2, -0.15) is 4.98 Å². The van der Waals surface area contributed by atoms with E-state index in [9.17, 15) is 10.0 Å². The molecule has 2 spiro atoms. The molecule has 0 bridgehead atoms. The zero-order valence-electron chi connectivity index (χ0n) is 21.0. The van der Waals surface area contributed by atoms with Crippen LogP contribution in [-0.4, -0.2) is 83.9 Å². The topological polar surface area (TPSA) is 116 Å². The lowest BCUT2D eigenvalue weighted by molar-refractivity contribution is -0.255. The molecule has 2 aliphatic heterocycles. The summed E-state index contributed by atoms with van der Waals surface area (Å²) in [6.45, 7) is 2.39. The van der Waals surface area contributed by atoms with E-state index < -0.39 is 17.1 Å². The monoisotopic (exact) mass is 522 g/mol. The maximum atomic E-state index is 14.2. The van der Waals surface area contributed by atoms with Crippen LogP contribution in [0.25, 0.3) is 0 Å². The molecule has 0 aromatic carbocycles. The molecule has 3 heterocycles. The molecule has 0 radical (unpaired) electrons. The summed E-state index contributed by atoms with van der Waals surface area (Å²) in [5, 5.41) is 13.7. The van der Waals surface area contributed by atoms with Gasteiger partial charge in [0.2, 0.25) is 5.75 Å². The van der Waals surface area contributed by atoms with E-state index in [1.54, 1.807) is 0 Å². The van der Waals surface area contributed by atoms with Gasteiger partial charge in [0.15, 0.2) is 22.5 Å². The van der Waals surface area contributed by atoms with Crippen molar-refractivity contribution in [3.63, 3.8) is 0 Å². The molecular formula is C25H35ClN4O6. The summed E-state index contributed by atoms with van der Waals surface area (Å²) in [4.78, 5) is 25.3. The largest absolute Gasteiger partial charge is 0.489 e. The highest BCUT2D eigenvalue weighted by atomic mass is 35.5. The van der Waals surface area contributed by atoms with Crippen LogP contribution in [-0.2, 0) is 14.3 Å². The van der Waals surface area contributed by atoms with Gasteiger partial charge in [-0.25, -0.2) is 4.98 Å². The zero-order valence-corrected chi connectivity index (χ0v) is 21.8. The zero-order chi connectivity index (χ0) is 25.3. The van der Waals surface area contributed by atoms with Gasteiger partial charge in [-0.15, -0.1) is 0 Å². The molecule has 2 saturated heterocycles. The minimum atomic E-state index is -0.901. The molecule has 1 unspecified atom stereocenters. The first-order chi connectivity index (χ1) is 17.4. The highest BCUT2D eigenvalue weighted by molar-refractivity contribution is 6.31. The molecule has 1 aromatic heterocycles. The van der Waals surface area contributed by atoms with Crippen molar-refractivity contribution < 1.29 is 28.9 Å². The summed E-state index contributed by atoms with van der Waals surface area (Å²) in [6.07, 6.45) is 7.37. The molecular weight excluding hydrogens is 488 g/mol. The van der Waals surface area contributed by atoms with Crippen molar-refractivity contribution in [3.8, 4) is 11.6 Å². The average molecular weight is 523 g/mol. The van der Waals surface area contributed by atoms with Crippen molar-refractivity contribution in [2.24, 2.45) is 16.5 Å². The number of ether oxygens (including phenoxy) is 4. The van der Waals surface area contributed by atoms with Gasteiger partial charge >= 0.3 is 0 Å². The predicted octanol–water partition coefficient (Wildman–Crippen LogP) is 3.46. The van der Waals surface area contributed by atoms with Gasteiger partial charge in [0.1, 0.15) is 12.3 Å². The van der Waals surface area contributed by atoms with Crippen molar-refractivity contribution >= 4 is 23.1 Å². The Morgan fingerprint density at radius 2 is 1.92 bits per heavy atom. The summed E-state index contributed by atoms with van der Waals surface area (Å²) in [7, 11) is 3.53. The summed E-state index contributed by atoms with van der Waals surface area (Å²) in [5.74, 6) is -1.20. The minimum Gasteiger partial charge on any atom is -0.489 e. The number of hydrogen-bond donors (Lipinski definition) is 1. The predicted molar refractivity (Wildman–Crippen MR) is 131 cm³/mol. The Balaban J connectivity index is 1.45. The number of hydrogen-bond acceptors (Lipinski definition) is 10. The van der Waals surface area contributed by atoms with E-state index in [0.717, 1.165) is 38.6 Å². The van der Waals surface area contributed by atoms with E-state index in [1.165, 1.54) is 7.11 Å². The maximum absolute atomic E-state index is 14.2. The first kappa shape index (κ1) is 25.6. The van der Waals surface area contributed by atoms with Gasteiger partial charge in [-0.1, -0.05) is 29.6 Å². The molecule has 11 heteroatoms. The fraction of sp³-hybridized carbons (Fsp3) is 0.760. The lowest BCUT2D eigenvalue weighted by atomic mass is 9.57. The summed E-state index contributed by atoms with van der Waals surface area (Å²) >= 11 is 6.45. The molecule has 0 amide bonds.